The van der Waals surface area contributed by atoms with Crippen molar-refractivity contribution in [2.45, 2.75) is 44.9 Å². The van der Waals surface area contributed by atoms with Gasteiger partial charge in [0.25, 0.3) is 5.91 Å². The van der Waals surface area contributed by atoms with Crippen LogP contribution in [0.15, 0.2) is 54.9 Å². The van der Waals surface area contributed by atoms with E-state index in [1.165, 1.54) is 0 Å². The first kappa shape index (κ1) is 27.8. The number of nitrogens with zero attached hydrogens (tertiary/aromatic N) is 4. The summed E-state index contributed by atoms with van der Waals surface area (Å²) in [5, 5.41) is 25.8. The number of pyridine rings is 2. The number of benzene rings is 1. The van der Waals surface area contributed by atoms with Crippen molar-refractivity contribution >= 4 is 35.0 Å². The Morgan fingerprint density at radius 2 is 2.05 bits per heavy atom. The van der Waals surface area contributed by atoms with Gasteiger partial charge in [0.05, 0.1) is 41.7 Å². The van der Waals surface area contributed by atoms with Gasteiger partial charge in [-0.05, 0) is 63.1 Å². The first-order valence-corrected chi connectivity index (χ1v) is 12.7. The summed E-state index contributed by atoms with van der Waals surface area (Å²) >= 11 is 5.98. The number of hydrogen-bond donors (Lipinski definition) is 3. The number of halogens is 1. The van der Waals surface area contributed by atoms with Gasteiger partial charge in [0.15, 0.2) is 0 Å². The maximum absolute atomic E-state index is 13.1. The molecule has 3 N–H and O–H groups in total. The van der Waals surface area contributed by atoms with Gasteiger partial charge in [0.2, 0.25) is 0 Å². The third-order valence-corrected chi connectivity index (χ3v) is 6.31. The number of carbonyl (C=O) groups is 2. The molecular formula is C28H29ClN6O4. The molecule has 0 radical (unpaired) electrons. The third kappa shape index (κ3) is 6.82. The molecule has 1 aliphatic heterocycles. The van der Waals surface area contributed by atoms with Crippen molar-refractivity contribution in [2.75, 3.05) is 23.4 Å². The second-order valence-corrected chi connectivity index (χ2v) is 10.5. The van der Waals surface area contributed by atoms with E-state index in [1.807, 2.05) is 11.0 Å². The van der Waals surface area contributed by atoms with Crippen molar-refractivity contribution in [3.8, 4) is 17.2 Å². The minimum absolute atomic E-state index is 0.140. The van der Waals surface area contributed by atoms with E-state index in [1.54, 1.807) is 69.6 Å². The number of rotatable bonds is 6. The molecule has 0 unspecified atom stereocenters. The zero-order valence-corrected chi connectivity index (χ0v) is 22.6. The molecule has 10 nitrogen and oxygen atoms in total. The smallest absolute Gasteiger partial charge is 0.407 e. The number of hydrogen-bond acceptors (Lipinski definition) is 8. The van der Waals surface area contributed by atoms with Gasteiger partial charge in [-0.3, -0.25) is 9.78 Å². The average molecular weight is 549 g/mol. The molecule has 2 aromatic heterocycles. The van der Waals surface area contributed by atoms with Crippen molar-refractivity contribution in [3.63, 3.8) is 0 Å². The fraction of sp³-hybridized carbons (Fsp3) is 0.321. The number of nitriles is 1. The minimum Gasteiger partial charge on any atom is -0.444 e. The Hall–Kier alpha value is -4.20. The number of ether oxygens (including phenoxy) is 1. The minimum atomic E-state index is -0.652. The maximum Gasteiger partial charge on any atom is 0.407 e. The van der Waals surface area contributed by atoms with E-state index in [9.17, 15) is 20.0 Å². The lowest BCUT2D eigenvalue weighted by Crippen LogP contribution is -2.40. The molecule has 2 atom stereocenters. The second-order valence-electron chi connectivity index (χ2n) is 10.1. The number of nitrogens with one attached hydrogen (secondary N) is 2. The SMILES string of the molecule is CC(C)(C)OC(=O)N[C@H]1C[C@@H](CO)N(c2cc(-c3cnccc3C#N)ccc2NC(=O)c2cccc(Cl)n2)C1. The lowest BCUT2D eigenvalue weighted by molar-refractivity contribution is 0.0507. The Morgan fingerprint density at radius 3 is 2.74 bits per heavy atom. The number of aromatic nitrogens is 2. The van der Waals surface area contributed by atoms with Gasteiger partial charge in [-0.25, -0.2) is 9.78 Å². The summed E-state index contributed by atoms with van der Waals surface area (Å²) in [4.78, 5) is 35.7. The topological polar surface area (TPSA) is 140 Å². The Balaban J connectivity index is 1.70. The molecule has 4 rings (SSSR count). The van der Waals surface area contributed by atoms with E-state index in [0.717, 1.165) is 0 Å². The Labute approximate surface area is 231 Å². The highest BCUT2D eigenvalue weighted by Gasteiger charge is 2.35. The zero-order chi connectivity index (χ0) is 28.2. The van der Waals surface area contributed by atoms with Crippen LogP contribution in [0.1, 0.15) is 43.2 Å². The molecule has 0 spiro atoms. The maximum atomic E-state index is 13.1. The lowest BCUT2D eigenvalue weighted by Gasteiger charge is -2.28. The van der Waals surface area contributed by atoms with E-state index in [2.05, 4.69) is 26.7 Å². The van der Waals surface area contributed by atoms with Crippen molar-refractivity contribution in [1.29, 1.82) is 5.26 Å². The van der Waals surface area contributed by atoms with E-state index in [4.69, 9.17) is 16.3 Å². The molecule has 39 heavy (non-hydrogen) atoms. The van der Waals surface area contributed by atoms with E-state index in [0.29, 0.717) is 41.0 Å². The summed E-state index contributed by atoms with van der Waals surface area (Å²) < 4.78 is 5.40. The fourth-order valence-corrected chi connectivity index (χ4v) is 4.61. The van der Waals surface area contributed by atoms with Crippen LogP contribution in [0.3, 0.4) is 0 Å². The number of carbonyl (C=O) groups excluding carboxylic acids is 2. The number of anilines is 2. The second kappa shape index (κ2) is 11.7. The van der Waals surface area contributed by atoms with Crippen LogP contribution >= 0.6 is 11.6 Å². The van der Waals surface area contributed by atoms with E-state index < -0.39 is 17.6 Å². The molecule has 2 amide bonds. The third-order valence-electron chi connectivity index (χ3n) is 6.10. The first-order valence-electron chi connectivity index (χ1n) is 12.4. The summed E-state index contributed by atoms with van der Waals surface area (Å²) in [6, 6.07) is 13.2. The first-order chi connectivity index (χ1) is 18.6. The van der Waals surface area contributed by atoms with Gasteiger partial charge < -0.3 is 25.4 Å². The monoisotopic (exact) mass is 548 g/mol. The van der Waals surface area contributed by atoms with Gasteiger partial charge in [-0.2, -0.15) is 5.26 Å². The van der Waals surface area contributed by atoms with E-state index in [-0.39, 0.29) is 29.5 Å². The van der Waals surface area contributed by atoms with Crippen LogP contribution in [0.4, 0.5) is 16.2 Å². The van der Waals surface area contributed by atoms with E-state index >= 15 is 0 Å². The highest BCUT2D eigenvalue weighted by atomic mass is 35.5. The molecular weight excluding hydrogens is 520 g/mol. The Kier molecular flexibility index (Phi) is 8.33. The van der Waals surface area contributed by atoms with Crippen molar-refractivity contribution in [1.82, 2.24) is 15.3 Å². The molecule has 1 saturated heterocycles. The van der Waals surface area contributed by atoms with Crippen LogP contribution in [0, 0.1) is 11.3 Å². The van der Waals surface area contributed by atoms with Crippen LogP contribution in [-0.4, -0.2) is 57.9 Å². The van der Waals surface area contributed by atoms with Gasteiger partial charge in [0.1, 0.15) is 16.4 Å². The molecule has 1 fully saturated rings. The predicted octanol–water partition coefficient (Wildman–Crippen LogP) is 4.39. The molecule has 0 saturated carbocycles. The van der Waals surface area contributed by atoms with Gasteiger partial charge >= 0.3 is 6.09 Å². The van der Waals surface area contributed by atoms with Crippen molar-refractivity contribution in [2.24, 2.45) is 0 Å². The normalized spacial score (nSPS) is 16.9. The number of alkyl carbamates (subject to hydrolysis) is 1. The quantitative estimate of drug-likeness (QED) is 0.385. The van der Waals surface area contributed by atoms with Gasteiger partial charge in [-0.1, -0.05) is 23.7 Å². The predicted molar refractivity (Wildman–Crippen MR) is 148 cm³/mol. The largest absolute Gasteiger partial charge is 0.444 e. The van der Waals surface area contributed by atoms with Gasteiger partial charge in [-0.15, -0.1) is 0 Å². The molecule has 202 valence electrons. The highest BCUT2D eigenvalue weighted by molar-refractivity contribution is 6.29. The van der Waals surface area contributed by atoms with Crippen molar-refractivity contribution in [3.05, 3.63) is 71.3 Å². The molecule has 0 bridgehead atoms. The summed E-state index contributed by atoms with van der Waals surface area (Å²) in [7, 11) is 0. The van der Waals surface area contributed by atoms with Crippen molar-refractivity contribution < 1.29 is 19.4 Å². The summed E-state index contributed by atoms with van der Waals surface area (Å²) in [6.07, 6.45) is 3.06. The zero-order valence-electron chi connectivity index (χ0n) is 21.8. The van der Waals surface area contributed by atoms with Crippen LogP contribution in [-0.2, 0) is 4.74 Å². The Bertz CT molecular complexity index is 1420. The molecule has 3 heterocycles. The average Bonchev–Trinajstić information content (AvgIpc) is 3.30. The molecule has 3 aromatic rings. The molecule has 1 aliphatic rings. The number of amides is 2. The summed E-state index contributed by atoms with van der Waals surface area (Å²) in [5.41, 5.74) is 2.32. The molecule has 0 aliphatic carbocycles. The summed E-state index contributed by atoms with van der Waals surface area (Å²) in [6.45, 7) is 5.52. The Morgan fingerprint density at radius 1 is 1.26 bits per heavy atom. The fourth-order valence-electron chi connectivity index (χ4n) is 4.45. The standard InChI is InChI=1S/C28H29ClN6O4/c1-28(2,3)39-27(38)32-19-12-20(16-36)35(15-19)24-11-17(21-14-31-10-9-18(21)13-30)7-8-22(24)34-26(37)23-5-4-6-25(29)33-23/h4-11,14,19-20,36H,12,15-16H2,1-3H3,(H,32,38)(H,34,37)/t19-,20-/m0/s1. The van der Waals surface area contributed by atoms with Gasteiger partial charge in [0, 0.05) is 24.5 Å². The van der Waals surface area contributed by atoms with Crippen LogP contribution in [0.5, 0.6) is 0 Å². The molecule has 11 heteroatoms. The van der Waals surface area contributed by atoms with Crippen LogP contribution in [0.25, 0.3) is 11.1 Å². The lowest BCUT2D eigenvalue weighted by atomic mass is 10.0. The number of aliphatic hydroxyl groups is 1. The molecule has 1 aromatic carbocycles. The number of aliphatic hydroxyl groups excluding tert-OH is 1. The highest BCUT2D eigenvalue weighted by Crippen LogP contribution is 2.37. The summed E-state index contributed by atoms with van der Waals surface area (Å²) in [5.74, 6) is -0.464. The van der Waals surface area contributed by atoms with Crippen LogP contribution < -0.4 is 15.5 Å². The van der Waals surface area contributed by atoms with Crippen LogP contribution in [0.2, 0.25) is 5.15 Å².